The summed E-state index contributed by atoms with van der Waals surface area (Å²) in [4.78, 5) is 24.1. The zero-order valence-electron chi connectivity index (χ0n) is 17.8. The van der Waals surface area contributed by atoms with Gasteiger partial charge in [0.15, 0.2) is 6.08 Å². The predicted octanol–water partition coefficient (Wildman–Crippen LogP) is 1.84. The number of ether oxygens (including phenoxy) is 1. The Morgan fingerprint density at radius 1 is 1.29 bits per heavy atom. The molecule has 1 atom stereocenters. The summed E-state index contributed by atoms with van der Waals surface area (Å²) in [5, 5.41) is 3.81. The Kier molecular flexibility index (Phi) is 3.82. The number of ketones is 1. The molecule has 3 N–H and O–H groups in total. The van der Waals surface area contributed by atoms with Gasteiger partial charge in [-0.3, -0.25) is 4.79 Å². The first-order valence-electron chi connectivity index (χ1n) is 9.46. The maximum absolute atomic E-state index is 13.1. The Labute approximate surface area is 164 Å². The van der Waals surface area contributed by atoms with Crippen LogP contribution in [-0.4, -0.2) is 25.3 Å². The molecule has 1 heterocycles. The lowest BCUT2D eigenvalue weighted by atomic mass is 10.0. The van der Waals surface area contributed by atoms with Crippen LogP contribution < -0.4 is 5.73 Å². The Hall–Kier alpha value is -3.40. The van der Waals surface area contributed by atoms with E-state index >= 15 is 0 Å². The van der Waals surface area contributed by atoms with E-state index in [9.17, 15) is 22.4 Å². The van der Waals surface area contributed by atoms with Crippen molar-refractivity contribution in [1.82, 2.24) is 0 Å². The smallest absolute Gasteiger partial charge is 0.335 e. The third-order valence-corrected chi connectivity index (χ3v) is 4.38. The fourth-order valence-corrected chi connectivity index (χ4v) is 3.08. The molecule has 0 saturated heterocycles. The van der Waals surface area contributed by atoms with Gasteiger partial charge < -0.3 is 19.8 Å². The molecule has 3 rings (SSSR count). The molecular formula is C18H14FNO7S. The van der Waals surface area contributed by atoms with Gasteiger partial charge in [0.25, 0.3) is 1.43 Å². The van der Waals surface area contributed by atoms with Crippen LogP contribution in [-0.2, 0) is 29.5 Å². The number of benzene rings is 2. The summed E-state index contributed by atoms with van der Waals surface area (Å²) in [5.74, 6) is -5.05. The number of carboxylic acids is 1. The molecule has 0 fully saturated rings. The van der Waals surface area contributed by atoms with Crippen LogP contribution in [0, 0.1) is 5.82 Å². The molecule has 146 valence electrons. The molecule has 1 aliphatic heterocycles. The van der Waals surface area contributed by atoms with Gasteiger partial charge in [-0.2, -0.15) is 8.42 Å². The highest BCUT2D eigenvalue weighted by Crippen LogP contribution is 2.32. The molecule has 2 aromatic carbocycles. The average Bonchev–Trinajstić information content (AvgIpc) is 2.97. The summed E-state index contributed by atoms with van der Waals surface area (Å²) >= 11 is 0. The van der Waals surface area contributed by atoms with Crippen molar-refractivity contribution in [3.63, 3.8) is 0 Å². The lowest BCUT2D eigenvalue weighted by Gasteiger charge is -2.10. The Bertz CT molecular complexity index is 1220. The van der Waals surface area contributed by atoms with Crippen molar-refractivity contribution in [2.45, 2.75) is 11.8 Å². The van der Waals surface area contributed by atoms with Gasteiger partial charge in [-0.15, -0.1) is 0 Å². The van der Waals surface area contributed by atoms with Crippen LogP contribution in [0.5, 0.6) is 0 Å². The second-order valence-corrected chi connectivity index (χ2v) is 6.74. The highest BCUT2D eigenvalue weighted by atomic mass is 32.2. The minimum Gasteiger partial charge on any atom is -0.478 e. The molecule has 0 spiro atoms. The van der Waals surface area contributed by atoms with E-state index in [1.807, 2.05) is 0 Å². The molecule has 28 heavy (non-hydrogen) atoms. The number of hydrogen-bond acceptors (Lipinski definition) is 8. The third kappa shape index (κ3) is 4.12. The van der Waals surface area contributed by atoms with E-state index in [-0.39, 0.29) is 11.1 Å². The number of halogens is 1. The molecule has 2 aromatic rings. The van der Waals surface area contributed by atoms with Gasteiger partial charge >= 0.3 is 16.1 Å². The van der Waals surface area contributed by atoms with E-state index in [1.54, 1.807) is 0 Å². The zero-order chi connectivity index (χ0) is 23.9. The number of carbonyl (C=O) groups excluding carboxylic acids is 1. The topological polar surface area (TPSA) is 133 Å². The van der Waals surface area contributed by atoms with Crippen molar-refractivity contribution in [3.05, 3.63) is 82.7 Å². The Morgan fingerprint density at radius 3 is 2.54 bits per heavy atom. The van der Waals surface area contributed by atoms with Gasteiger partial charge in [-0.1, -0.05) is 24.3 Å². The number of nitrogens with two attached hydrogens (primary N) is 1. The zero-order valence-corrected chi connectivity index (χ0v) is 14.7. The Morgan fingerprint density at radius 2 is 1.93 bits per heavy atom. The number of rotatable bonds is 6. The second kappa shape index (κ2) is 7.31. The van der Waals surface area contributed by atoms with Crippen LogP contribution in [0.1, 0.15) is 31.7 Å². The standard InChI is InChI=1S/C18H14FNO7S/c19-13-7-1-10(2-8-13)9-28(24,25)27-16-14(21)15(26-17(16)20)11-3-5-12(6-4-11)18(22)23/h1-8,15H,9,20H2,(H,22,23)/i9D2,15D/hD. The number of hydrogen-bond donors (Lipinski definition) is 2. The maximum atomic E-state index is 13.1. The molecule has 0 radical (unpaired) electrons. The van der Waals surface area contributed by atoms with E-state index < -0.39 is 56.7 Å². The van der Waals surface area contributed by atoms with Crippen molar-refractivity contribution in [3.8, 4) is 0 Å². The van der Waals surface area contributed by atoms with E-state index in [2.05, 4.69) is 9.29 Å². The van der Waals surface area contributed by atoms with Gasteiger partial charge in [0.2, 0.25) is 17.4 Å². The van der Waals surface area contributed by atoms with Crippen LogP contribution in [0.2, 0.25) is 0 Å². The van der Waals surface area contributed by atoms with Crippen LogP contribution in [0.15, 0.2) is 60.2 Å². The molecule has 1 aliphatic rings. The normalized spacial score (nSPS) is 21.8. The first-order chi connectivity index (χ1) is 14.8. The van der Waals surface area contributed by atoms with Crippen LogP contribution in [0.25, 0.3) is 1.43 Å². The number of aromatic carboxylic acids is 1. The van der Waals surface area contributed by atoms with Gasteiger partial charge in [0.05, 0.1) is 9.68 Å². The van der Waals surface area contributed by atoms with Crippen molar-refractivity contribution in [2.24, 2.45) is 5.73 Å². The van der Waals surface area contributed by atoms with Crippen molar-refractivity contribution < 1.29 is 40.5 Å². The molecule has 0 amide bonds. The van der Waals surface area contributed by atoms with E-state index in [4.69, 9.17) is 16.0 Å². The first kappa shape index (κ1) is 14.6. The first-order valence-corrected chi connectivity index (χ1v) is 8.96. The summed E-state index contributed by atoms with van der Waals surface area (Å²) < 4.78 is 78.6. The fraction of sp³-hybridized carbons (Fsp3) is 0.111. The van der Waals surface area contributed by atoms with Crippen LogP contribution >= 0.6 is 0 Å². The second-order valence-electron chi connectivity index (χ2n) is 5.46. The molecule has 8 nitrogen and oxygen atoms in total. The lowest BCUT2D eigenvalue weighted by molar-refractivity contribution is -0.123. The largest absolute Gasteiger partial charge is 0.478 e. The highest BCUT2D eigenvalue weighted by molar-refractivity contribution is 7.86. The SMILES string of the molecule is [2H]OC(=O)c1ccc(C2([2H])OC(N)=C(OS(=O)(=O)C([2H])([2H])c3ccc(F)cc3)C2=O)cc1. The monoisotopic (exact) mass is 411 g/mol. The van der Waals surface area contributed by atoms with Gasteiger partial charge in [-0.05, 0) is 29.8 Å². The molecule has 0 saturated carbocycles. The highest BCUT2D eigenvalue weighted by Gasteiger charge is 2.39. The minimum absolute atomic E-state index is 0.0646. The number of Topliss-reactive ketones (excluding diaryl/α,β-unsaturated/α-hetero) is 1. The van der Waals surface area contributed by atoms with Crippen molar-refractivity contribution in [1.29, 1.82) is 1.43 Å². The quantitative estimate of drug-likeness (QED) is 0.688. The van der Waals surface area contributed by atoms with Gasteiger partial charge in [0.1, 0.15) is 11.5 Å². The van der Waals surface area contributed by atoms with Crippen molar-refractivity contribution >= 4 is 21.9 Å². The van der Waals surface area contributed by atoms with E-state index in [0.717, 1.165) is 48.5 Å². The van der Waals surface area contributed by atoms with Gasteiger partial charge in [-0.25, -0.2) is 9.18 Å². The molecule has 1 unspecified atom stereocenters. The van der Waals surface area contributed by atoms with E-state index in [1.165, 1.54) is 0 Å². The minimum atomic E-state index is -5.22. The molecule has 0 bridgehead atoms. The molecule has 0 aromatic heterocycles. The summed E-state index contributed by atoms with van der Waals surface area (Å²) in [6.45, 7) is 0. The molecular weight excluding hydrogens is 393 g/mol. The molecule has 0 aliphatic carbocycles. The maximum Gasteiger partial charge on any atom is 0.335 e. The Balaban J connectivity index is 1.89. The molecule has 10 heteroatoms. The third-order valence-electron chi connectivity index (χ3n) is 3.51. The number of carboxylic acid groups (broad SMARTS) is 1. The lowest BCUT2D eigenvalue weighted by Crippen LogP contribution is -2.16. The number of carbonyl (C=O) groups is 2. The summed E-state index contributed by atoms with van der Waals surface area (Å²) in [6.07, 6.45) is -2.58. The van der Waals surface area contributed by atoms with Crippen LogP contribution in [0.3, 0.4) is 0 Å². The van der Waals surface area contributed by atoms with Gasteiger partial charge in [0, 0.05) is 5.56 Å². The summed E-state index contributed by atoms with van der Waals surface area (Å²) in [7, 11) is -5.22. The predicted molar refractivity (Wildman–Crippen MR) is 93.6 cm³/mol. The van der Waals surface area contributed by atoms with Crippen LogP contribution in [0.4, 0.5) is 4.39 Å². The fourth-order valence-electron chi connectivity index (χ4n) is 2.24. The summed E-state index contributed by atoms with van der Waals surface area (Å²) in [5.41, 5.74) is 1.64. The average molecular weight is 411 g/mol. The van der Waals surface area contributed by atoms with Crippen molar-refractivity contribution in [2.75, 3.05) is 0 Å². The van der Waals surface area contributed by atoms with E-state index in [0.29, 0.717) is 0 Å². The summed E-state index contributed by atoms with van der Waals surface area (Å²) in [6, 6.07) is 7.98.